The number of hydrogen-bond donors (Lipinski definition) is 1. The Balaban J connectivity index is 1.78. The Bertz CT molecular complexity index is 505. The van der Waals surface area contributed by atoms with Gasteiger partial charge in [0.05, 0.1) is 0 Å². The third kappa shape index (κ3) is 2.97. The summed E-state index contributed by atoms with van der Waals surface area (Å²) in [4.78, 5) is 17.9. The molecule has 0 unspecified atom stereocenters. The van der Waals surface area contributed by atoms with Crippen molar-refractivity contribution in [1.29, 1.82) is 0 Å². The highest BCUT2D eigenvalue weighted by molar-refractivity contribution is 9.10. The number of nitrogens with zero attached hydrogens (tertiary/aromatic N) is 2. The molecule has 1 aromatic rings. The van der Waals surface area contributed by atoms with Gasteiger partial charge in [-0.25, -0.2) is 4.79 Å². The predicted molar refractivity (Wildman–Crippen MR) is 85.1 cm³/mol. The predicted octanol–water partition coefficient (Wildman–Crippen LogP) is 2.38. The van der Waals surface area contributed by atoms with E-state index >= 15 is 0 Å². The number of carbonyl (C=O) groups excluding carboxylic acids is 1. The van der Waals surface area contributed by atoms with Crippen LogP contribution in [-0.4, -0.2) is 54.3 Å². The molecule has 20 heavy (non-hydrogen) atoms. The van der Waals surface area contributed by atoms with Gasteiger partial charge < -0.3 is 15.1 Å². The molecule has 1 aromatic carbocycles. The van der Waals surface area contributed by atoms with Crippen LogP contribution >= 0.6 is 27.7 Å². The summed E-state index contributed by atoms with van der Waals surface area (Å²) in [6, 6.07) is 6.43. The lowest BCUT2D eigenvalue weighted by atomic mass is 10.2. The van der Waals surface area contributed by atoms with Gasteiger partial charge in [0.25, 0.3) is 0 Å². The normalized spacial score (nSPS) is 19.4. The zero-order valence-corrected chi connectivity index (χ0v) is 13.7. The molecule has 2 heterocycles. The number of rotatable bonds is 0. The first-order valence-electron chi connectivity index (χ1n) is 6.90. The number of urea groups is 1. The molecule has 2 aliphatic heterocycles. The van der Waals surface area contributed by atoms with Crippen molar-refractivity contribution in [2.75, 3.05) is 38.5 Å². The molecule has 0 saturated carbocycles. The Morgan fingerprint density at radius 2 is 2.00 bits per heavy atom. The zero-order valence-electron chi connectivity index (χ0n) is 11.3. The van der Waals surface area contributed by atoms with Gasteiger partial charge in [0.1, 0.15) is 0 Å². The van der Waals surface area contributed by atoms with Crippen LogP contribution in [0.3, 0.4) is 0 Å². The van der Waals surface area contributed by atoms with E-state index in [-0.39, 0.29) is 6.03 Å². The number of amides is 2. The molecule has 2 amide bonds. The van der Waals surface area contributed by atoms with Crippen LogP contribution in [0.2, 0.25) is 0 Å². The molecule has 0 spiro atoms. The lowest BCUT2D eigenvalue weighted by Crippen LogP contribution is -2.51. The van der Waals surface area contributed by atoms with Gasteiger partial charge in [-0.1, -0.05) is 22.0 Å². The lowest BCUT2D eigenvalue weighted by Gasteiger charge is -2.32. The van der Waals surface area contributed by atoms with Gasteiger partial charge in [-0.2, -0.15) is 0 Å². The lowest BCUT2D eigenvalue weighted by molar-refractivity contribution is 0.147. The number of benzene rings is 1. The number of halogens is 1. The van der Waals surface area contributed by atoms with Crippen LogP contribution in [0.5, 0.6) is 0 Å². The second kappa shape index (κ2) is 6.37. The molecule has 0 bridgehead atoms. The molecule has 2 aliphatic rings. The maximum Gasteiger partial charge on any atom is 0.320 e. The van der Waals surface area contributed by atoms with Crippen molar-refractivity contribution in [1.82, 2.24) is 15.1 Å². The van der Waals surface area contributed by atoms with Crippen LogP contribution in [0.1, 0.15) is 5.56 Å². The van der Waals surface area contributed by atoms with E-state index in [1.54, 1.807) is 0 Å². The van der Waals surface area contributed by atoms with Crippen molar-refractivity contribution >= 4 is 33.7 Å². The number of carbonyl (C=O) groups is 1. The molecule has 6 heteroatoms. The zero-order chi connectivity index (χ0) is 13.9. The van der Waals surface area contributed by atoms with Gasteiger partial charge in [-0.15, -0.1) is 11.8 Å². The topological polar surface area (TPSA) is 35.6 Å². The van der Waals surface area contributed by atoms with Crippen LogP contribution in [-0.2, 0) is 6.54 Å². The van der Waals surface area contributed by atoms with E-state index in [2.05, 4.69) is 39.4 Å². The molecule has 0 aromatic heterocycles. The summed E-state index contributed by atoms with van der Waals surface area (Å²) in [5, 5.41) is 3.29. The second-order valence-corrected chi connectivity index (χ2v) is 7.00. The average molecular weight is 356 g/mol. The van der Waals surface area contributed by atoms with Crippen molar-refractivity contribution in [3.8, 4) is 0 Å². The fourth-order valence-electron chi connectivity index (χ4n) is 2.58. The molecule has 0 aliphatic carbocycles. The number of hydrogen-bond acceptors (Lipinski definition) is 3. The Labute approximate surface area is 132 Å². The quantitative estimate of drug-likeness (QED) is 0.775. The highest BCUT2D eigenvalue weighted by Crippen LogP contribution is 2.32. The molecule has 1 fully saturated rings. The van der Waals surface area contributed by atoms with Crippen LogP contribution in [0.4, 0.5) is 4.79 Å². The van der Waals surface area contributed by atoms with Crippen LogP contribution in [0.25, 0.3) is 0 Å². The highest BCUT2D eigenvalue weighted by atomic mass is 79.9. The Morgan fingerprint density at radius 1 is 1.20 bits per heavy atom. The first-order valence-corrected chi connectivity index (χ1v) is 8.68. The van der Waals surface area contributed by atoms with E-state index in [1.807, 2.05) is 21.6 Å². The monoisotopic (exact) mass is 355 g/mol. The number of fused-ring (bicyclic) bond motifs is 1. The van der Waals surface area contributed by atoms with Crippen molar-refractivity contribution in [2.45, 2.75) is 11.4 Å². The van der Waals surface area contributed by atoms with Gasteiger partial charge in [0.2, 0.25) is 0 Å². The van der Waals surface area contributed by atoms with Gasteiger partial charge >= 0.3 is 6.03 Å². The minimum Gasteiger partial charge on any atom is -0.322 e. The van der Waals surface area contributed by atoms with E-state index in [0.717, 1.165) is 42.9 Å². The first kappa shape index (κ1) is 14.2. The average Bonchev–Trinajstić information content (AvgIpc) is 2.71. The summed E-state index contributed by atoms with van der Waals surface area (Å²) in [7, 11) is 0. The van der Waals surface area contributed by atoms with Crippen molar-refractivity contribution in [2.24, 2.45) is 0 Å². The number of thioether (sulfide) groups is 1. The first-order chi connectivity index (χ1) is 9.75. The van der Waals surface area contributed by atoms with Gasteiger partial charge in [-0.05, 0) is 17.7 Å². The van der Waals surface area contributed by atoms with E-state index in [9.17, 15) is 4.79 Å². The fourth-order valence-corrected chi connectivity index (χ4v) is 4.26. The second-order valence-electron chi connectivity index (χ2n) is 5.01. The fraction of sp³-hybridized carbons (Fsp3) is 0.500. The summed E-state index contributed by atoms with van der Waals surface area (Å²) >= 11 is 5.45. The molecule has 108 valence electrons. The SMILES string of the molecule is O=C(N1CCNCC1)N1CCSc2cccc(Br)c2C1. The molecule has 1 saturated heterocycles. The minimum atomic E-state index is 0.177. The molecule has 4 nitrogen and oxygen atoms in total. The summed E-state index contributed by atoms with van der Waals surface area (Å²) in [6.07, 6.45) is 0. The molecular weight excluding hydrogens is 338 g/mol. The summed E-state index contributed by atoms with van der Waals surface area (Å²) in [5.74, 6) is 0.960. The number of nitrogens with one attached hydrogen (secondary N) is 1. The molecular formula is C14H18BrN3OS. The molecule has 0 radical (unpaired) electrons. The summed E-state index contributed by atoms with van der Waals surface area (Å²) in [5.41, 5.74) is 1.23. The Hall–Kier alpha value is -0.720. The third-order valence-corrected chi connectivity index (χ3v) is 5.52. The van der Waals surface area contributed by atoms with E-state index in [4.69, 9.17) is 0 Å². The third-order valence-electron chi connectivity index (χ3n) is 3.70. The molecule has 1 N–H and O–H groups in total. The van der Waals surface area contributed by atoms with Gasteiger partial charge in [-0.3, -0.25) is 0 Å². The Kier molecular flexibility index (Phi) is 4.53. The minimum absolute atomic E-state index is 0.177. The van der Waals surface area contributed by atoms with Crippen LogP contribution in [0.15, 0.2) is 27.6 Å². The van der Waals surface area contributed by atoms with Gasteiger partial charge in [0, 0.05) is 54.4 Å². The smallest absolute Gasteiger partial charge is 0.320 e. The maximum atomic E-state index is 12.6. The van der Waals surface area contributed by atoms with E-state index in [0.29, 0.717) is 6.54 Å². The van der Waals surface area contributed by atoms with Crippen LogP contribution < -0.4 is 5.32 Å². The Morgan fingerprint density at radius 3 is 2.80 bits per heavy atom. The van der Waals surface area contributed by atoms with Crippen molar-refractivity contribution in [3.63, 3.8) is 0 Å². The van der Waals surface area contributed by atoms with Crippen molar-refractivity contribution < 1.29 is 4.79 Å². The van der Waals surface area contributed by atoms with E-state index in [1.165, 1.54) is 10.5 Å². The highest BCUT2D eigenvalue weighted by Gasteiger charge is 2.25. The summed E-state index contributed by atoms with van der Waals surface area (Å²) < 4.78 is 1.10. The van der Waals surface area contributed by atoms with Crippen LogP contribution in [0, 0.1) is 0 Å². The molecule has 0 atom stereocenters. The number of piperazine rings is 1. The van der Waals surface area contributed by atoms with Gasteiger partial charge in [0.15, 0.2) is 0 Å². The largest absolute Gasteiger partial charge is 0.322 e. The maximum absolute atomic E-state index is 12.6. The standard InChI is InChI=1S/C14H18BrN3OS/c15-12-2-1-3-13-11(12)10-18(8-9-20-13)14(19)17-6-4-16-5-7-17/h1-3,16H,4-10H2. The summed E-state index contributed by atoms with van der Waals surface area (Å²) in [6.45, 7) is 4.93. The molecule has 3 rings (SSSR count). The van der Waals surface area contributed by atoms with Crippen molar-refractivity contribution in [3.05, 3.63) is 28.2 Å². The van der Waals surface area contributed by atoms with E-state index < -0.39 is 0 Å².